The Balaban J connectivity index is 1.97. The number of barbiturate groups is 1. The molecular formula is C16H19N3O4. The van der Waals surface area contributed by atoms with Gasteiger partial charge in [-0.05, 0) is 26.0 Å². The maximum absolute atomic E-state index is 12.7. The molecule has 0 radical (unpaired) electrons. The summed E-state index contributed by atoms with van der Waals surface area (Å²) in [5.41, 5.74) is 0.820. The van der Waals surface area contributed by atoms with Crippen LogP contribution in [0.3, 0.4) is 0 Å². The van der Waals surface area contributed by atoms with Gasteiger partial charge in [-0.2, -0.15) is 0 Å². The van der Waals surface area contributed by atoms with Gasteiger partial charge in [0.05, 0.1) is 5.69 Å². The van der Waals surface area contributed by atoms with Crippen molar-refractivity contribution in [1.29, 1.82) is 0 Å². The number of carbonyl (C=O) groups is 3. The molecule has 0 N–H and O–H groups in total. The Morgan fingerprint density at radius 3 is 2.09 bits per heavy atom. The van der Waals surface area contributed by atoms with Crippen LogP contribution in [-0.2, 0) is 9.59 Å². The number of ether oxygens (including phenoxy) is 1. The van der Waals surface area contributed by atoms with Gasteiger partial charge in [0.15, 0.2) is 12.1 Å². The first-order valence-electron chi connectivity index (χ1n) is 7.66. The minimum atomic E-state index is -1.05. The summed E-state index contributed by atoms with van der Waals surface area (Å²) in [5.74, 6) is -1.43. The van der Waals surface area contributed by atoms with E-state index in [9.17, 15) is 14.4 Å². The van der Waals surface area contributed by atoms with Crippen LogP contribution in [0.4, 0.5) is 10.5 Å². The lowest BCUT2D eigenvalue weighted by molar-refractivity contribution is -0.152. The SMILES string of the molecule is CCN1C(=O)C(C2Oc3ccccc3N2C)C(=O)N(CC)C1=O. The van der Waals surface area contributed by atoms with Crippen LogP contribution in [0, 0.1) is 5.92 Å². The van der Waals surface area contributed by atoms with Crippen LogP contribution in [-0.4, -0.2) is 54.0 Å². The second-order valence-electron chi connectivity index (χ2n) is 5.51. The van der Waals surface area contributed by atoms with Gasteiger partial charge in [-0.25, -0.2) is 4.79 Å². The zero-order valence-electron chi connectivity index (χ0n) is 13.4. The molecule has 1 aromatic rings. The third kappa shape index (κ3) is 2.15. The molecule has 122 valence electrons. The average Bonchev–Trinajstić information content (AvgIpc) is 2.86. The van der Waals surface area contributed by atoms with E-state index in [1.54, 1.807) is 31.9 Å². The van der Waals surface area contributed by atoms with Crippen LogP contribution >= 0.6 is 0 Å². The molecule has 2 heterocycles. The highest BCUT2D eigenvalue weighted by Gasteiger charge is 2.52. The summed E-state index contributed by atoms with van der Waals surface area (Å²) in [5, 5.41) is 0. The van der Waals surface area contributed by atoms with Crippen molar-refractivity contribution in [2.24, 2.45) is 5.92 Å². The molecular weight excluding hydrogens is 298 g/mol. The summed E-state index contributed by atoms with van der Waals surface area (Å²) in [6, 6.07) is 6.81. The largest absolute Gasteiger partial charge is 0.467 e. The fraction of sp³-hybridized carbons (Fsp3) is 0.438. The Hall–Kier alpha value is -2.57. The second-order valence-corrected chi connectivity index (χ2v) is 5.51. The van der Waals surface area contributed by atoms with Crippen molar-refractivity contribution >= 4 is 23.5 Å². The molecule has 1 atom stereocenters. The first-order chi connectivity index (χ1) is 11.0. The van der Waals surface area contributed by atoms with Crippen LogP contribution in [0.15, 0.2) is 24.3 Å². The number of carbonyl (C=O) groups excluding carboxylic acids is 3. The Labute approximate surface area is 134 Å². The Morgan fingerprint density at radius 1 is 1.00 bits per heavy atom. The molecule has 4 amide bonds. The summed E-state index contributed by atoms with van der Waals surface area (Å²) < 4.78 is 5.84. The highest BCUT2D eigenvalue weighted by molar-refractivity contribution is 6.16. The topological polar surface area (TPSA) is 70.2 Å². The highest BCUT2D eigenvalue weighted by atomic mass is 16.5. The van der Waals surface area contributed by atoms with Gasteiger partial charge in [0.2, 0.25) is 11.8 Å². The van der Waals surface area contributed by atoms with Gasteiger partial charge in [0.25, 0.3) is 0 Å². The number of imide groups is 2. The van der Waals surface area contributed by atoms with Crippen molar-refractivity contribution in [2.75, 3.05) is 25.0 Å². The van der Waals surface area contributed by atoms with Crippen molar-refractivity contribution in [3.63, 3.8) is 0 Å². The predicted octanol–water partition coefficient (Wildman–Crippen LogP) is 1.29. The number of nitrogens with zero attached hydrogens (tertiary/aromatic N) is 3. The van der Waals surface area contributed by atoms with Crippen LogP contribution in [0.5, 0.6) is 5.75 Å². The van der Waals surface area contributed by atoms with E-state index in [1.807, 2.05) is 18.2 Å². The van der Waals surface area contributed by atoms with Gasteiger partial charge in [0.1, 0.15) is 5.75 Å². The number of urea groups is 1. The lowest BCUT2D eigenvalue weighted by atomic mass is 10.0. The van der Waals surface area contributed by atoms with E-state index < -0.39 is 30.0 Å². The normalized spacial score (nSPS) is 21.8. The first kappa shape index (κ1) is 15.3. The van der Waals surface area contributed by atoms with Crippen LogP contribution in [0.2, 0.25) is 0 Å². The third-order valence-corrected chi connectivity index (χ3v) is 4.32. The maximum atomic E-state index is 12.7. The molecule has 1 unspecified atom stereocenters. The van der Waals surface area contributed by atoms with Gasteiger partial charge in [0, 0.05) is 20.1 Å². The standard InChI is InChI=1S/C16H19N3O4/c1-4-18-13(20)12(14(21)19(5-2)16(18)22)15-17(3)10-8-6-7-9-11(10)23-15/h6-9,12,15H,4-5H2,1-3H3. The number of benzene rings is 1. The molecule has 7 heteroatoms. The molecule has 3 rings (SSSR count). The van der Waals surface area contributed by atoms with E-state index in [2.05, 4.69) is 0 Å². The first-order valence-corrected chi connectivity index (χ1v) is 7.66. The minimum Gasteiger partial charge on any atom is -0.467 e. The Kier molecular flexibility index (Phi) is 3.71. The quantitative estimate of drug-likeness (QED) is 0.786. The molecule has 0 spiro atoms. The minimum absolute atomic E-state index is 0.224. The van der Waals surface area contributed by atoms with E-state index in [1.165, 1.54) is 0 Å². The van der Waals surface area contributed by atoms with Gasteiger partial charge >= 0.3 is 6.03 Å². The van der Waals surface area contributed by atoms with Crippen LogP contribution < -0.4 is 9.64 Å². The molecule has 23 heavy (non-hydrogen) atoms. The molecule has 2 aliphatic heterocycles. The average molecular weight is 317 g/mol. The number of fused-ring (bicyclic) bond motifs is 1. The zero-order valence-corrected chi connectivity index (χ0v) is 13.4. The second kappa shape index (κ2) is 5.57. The van der Waals surface area contributed by atoms with Crippen LogP contribution in [0.25, 0.3) is 0 Å². The van der Waals surface area contributed by atoms with Crippen molar-refractivity contribution in [2.45, 2.75) is 20.1 Å². The lowest BCUT2D eigenvalue weighted by Gasteiger charge is -2.38. The fourth-order valence-corrected chi connectivity index (χ4v) is 3.09. The fourth-order valence-electron chi connectivity index (χ4n) is 3.09. The van der Waals surface area contributed by atoms with Gasteiger partial charge < -0.3 is 9.64 Å². The van der Waals surface area contributed by atoms with E-state index in [4.69, 9.17) is 4.74 Å². The van der Waals surface area contributed by atoms with Crippen molar-refractivity contribution in [1.82, 2.24) is 9.80 Å². The smallest absolute Gasteiger partial charge is 0.333 e. The number of anilines is 1. The van der Waals surface area contributed by atoms with Crippen molar-refractivity contribution < 1.29 is 19.1 Å². The van der Waals surface area contributed by atoms with Crippen molar-refractivity contribution in [3.05, 3.63) is 24.3 Å². The van der Waals surface area contributed by atoms with E-state index >= 15 is 0 Å². The number of rotatable bonds is 3. The van der Waals surface area contributed by atoms with Crippen LogP contribution in [0.1, 0.15) is 13.8 Å². The Bertz CT molecular complexity index is 649. The monoisotopic (exact) mass is 317 g/mol. The zero-order chi connectivity index (χ0) is 16.7. The number of hydrogen-bond donors (Lipinski definition) is 0. The lowest BCUT2D eigenvalue weighted by Crippen LogP contribution is -2.64. The van der Waals surface area contributed by atoms with Gasteiger partial charge in [-0.3, -0.25) is 19.4 Å². The predicted molar refractivity (Wildman–Crippen MR) is 82.9 cm³/mol. The Morgan fingerprint density at radius 2 is 1.57 bits per heavy atom. The summed E-state index contributed by atoms with van der Waals surface area (Å²) in [7, 11) is 1.78. The van der Waals surface area contributed by atoms with E-state index in [0.717, 1.165) is 15.5 Å². The molecule has 1 aromatic carbocycles. The summed E-state index contributed by atoms with van der Waals surface area (Å²) in [4.78, 5) is 41.6. The molecule has 0 aromatic heterocycles. The van der Waals surface area contributed by atoms with E-state index in [-0.39, 0.29) is 13.1 Å². The molecule has 1 fully saturated rings. The number of amides is 4. The van der Waals surface area contributed by atoms with E-state index in [0.29, 0.717) is 5.75 Å². The summed E-state index contributed by atoms with van der Waals surface area (Å²) >= 11 is 0. The molecule has 0 aliphatic carbocycles. The van der Waals surface area contributed by atoms with Gasteiger partial charge in [-0.1, -0.05) is 12.1 Å². The summed E-state index contributed by atoms with van der Waals surface area (Å²) in [6.45, 7) is 3.87. The molecule has 0 bridgehead atoms. The molecule has 7 nitrogen and oxygen atoms in total. The number of para-hydroxylation sites is 2. The third-order valence-electron chi connectivity index (χ3n) is 4.32. The molecule has 0 saturated carbocycles. The highest BCUT2D eigenvalue weighted by Crippen LogP contribution is 2.39. The van der Waals surface area contributed by atoms with Gasteiger partial charge in [-0.15, -0.1) is 0 Å². The molecule has 2 aliphatic rings. The maximum Gasteiger partial charge on any atom is 0.333 e. The summed E-state index contributed by atoms with van der Waals surface area (Å²) in [6.07, 6.45) is -0.747. The van der Waals surface area contributed by atoms with Crippen molar-refractivity contribution in [3.8, 4) is 5.75 Å². The number of hydrogen-bond acceptors (Lipinski definition) is 5. The molecule has 1 saturated heterocycles.